The predicted octanol–water partition coefficient (Wildman–Crippen LogP) is 9.32. The highest BCUT2D eigenvalue weighted by molar-refractivity contribution is 5.83. The lowest BCUT2D eigenvalue weighted by Gasteiger charge is -2.38. The summed E-state index contributed by atoms with van der Waals surface area (Å²) in [6.07, 6.45) is 29.1. The summed E-state index contributed by atoms with van der Waals surface area (Å²) in [6.45, 7) is 9.27. The normalized spacial score (nSPS) is 16.1. The quantitative estimate of drug-likeness (QED) is 0.179. The molecule has 1 saturated heterocycles. The van der Waals surface area contributed by atoms with E-state index in [0.29, 0.717) is 0 Å². The standard InChI is InChI=1S/C28H56N2/c1-4-7-10-13-16-20-25-29-28-24-19-21-26-30(28)27(22-17-14-11-8-5-2)23-18-15-12-9-6-3/h27H,4-26H2,1-3H3/b29-28+. The first-order valence-electron chi connectivity index (χ1n) is 14.1. The summed E-state index contributed by atoms with van der Waals surface area (Å²) in [5, 5.41) is 0. The van der Waals surface area contributed by atoms with Gasteiger partial charge in [0.15, 0.2) is 0 Å². The number of hydrogen-bond acceptors (Lipinski definition) is 1. The van der Waals surface area contributed by atoms with Crippen molar-refractivity contribution in [3.05, 3.63) is 0 Å². The molecule has 0 radical (unpaired) electrons. The summed E-state index contributed by atoms with van der Waals surface area (Å²) in [7, 11) is 0. The molecule has 2 nitrogen and oxygen atoms in total. The number of rotatable bonds is 20. The third-order valence-corrected chi connectivity index (χ3v) is 6.91. The molecule has 0 unspecified atom stereocenters. The van der Waals surface area contributed by atoms with E-state index in [-0.39, 0.29) is 0 Å². The SMILES string of the molecule is CCCCCCCC/N=C1\CCCCN1C(CCCCCCC)CCCCCCC. The smallest absolute Gasteiger partial charge is 0.0991 e. The maximum atomic E-state index is 5.16. The summed E-state index contributed by atoms with van der Waals surface area (Å²) < 4.78 is 0. The zero-order valence-electron chi connectivity index (χ0n) is 21.2. The molecule has 0 N–H and O–H groups in total. The first kappa shape index (κ1) is 27.5. The Bertz CT molecular complexity index is 376. The Kier molecular flexibility index (Phi) is 18.7. The van der Waals surface area contributed by atoms with Crippen LogP contribution in [0.5, 0.6) is 0 Å². The van der Waals surface area contributed by atoms with Crippen molar-refractivity contribution < 1.29 is 0 Å². The maximum absolute atomic E-state index is 5.16. The van der Waals surface area contributed by atoms with E-state index in [2.05, 4.69) is 25.7 Å². The molecular weight excluding hydrogens is 364 g/mol. The van der Waals surface area contributed by atoms with Gasteiger partial charge in [0.2, 0.25) is 0 Å². The van der Waals surface area contributed by atoms with E-state index in [0.717, 1.165) is 12.6 Å². The molecule has 1 aliphatic rings. The molecule has 0 aromatic heterocycles. The molecule has 1 rings (SSSR count). The van der Waals surface area contributed by atoms with Crippen LogP contribution in [0.2, 0.25) is 0 Å². The Hall–Kier alpha value is -0.530. The third kappa shape index (κ3) is 13.7. The number of hydrogen-bond donors (Lipinski definition) is 0. The number of likely N-dealkylation sites (tertiary alicyclic amines) is 1. The van der Waals surface area contributed by atoms with Crippen molar-refractivity contribution in [3.63, 3.8) is 0 Å². The van der Waals surface area contributed by atoms with E-state index in [1.165, 1.54) is 147 Å². The Balaban J connectivity index is 2.51. The second kappa shape index (κ2) is 20.4. The van der Waals surface area contributed by atoms with Gasteiger partial charge in [-0.3, -0.25) is 4.99 Å². The van der Waals surface area contributed by atoms with Crippen LogP contribution in [0.4, 0.5) is 0 Å². The molecule has 0 amide bonds. The summed E-state index contributed by atoms with van der Waals surface area (Å²) in [6, 6.07) is 0.761. The number of aliphatic imine (C=N–C) groups is 1. The summed E-state index contributed by atoms with van der Waals surface area (Å²) in [5.74, 6) is 1.47. The zero-order chi connectivity index (χ0) is 21.7. The largest absolute Gasteiger partial charge is 0.357 e. The van der Waals surface area contributed by atoms with Crippen LogP contribution in [0.25, 0.3) is 0 Å². The van der Waals surface area contributed by atoms with Crippen molar-refractivity contribution >= 4 is 5.84 Å². The molecule has 1 heterocycles. The van der Waals surface area contributed by atoms with Gasteiger partial charge in [0.25, 0.3) is 0 Å². The van der Waals surface area contributed by atoms with Gasteiger partial charge in [-0.15, -0.1) is 0 Å². The van der Waals surface area contributed by atoms with Crippen molar-refractivity contribution in [1.29, 1.82) is 0 Å². The lowest BCUT2D eigenvalue weighted by molar-refractivity contribution is 0.243. The second-order valence-corrected chi connectivity index (χ2v) is 9.78. The zero-order valence-corrected chi connectivity index (χ0v) is 21.2. The summed E-state index contributed by atoms with van der Waals surface area (Å²) >= 11 is 0. The van der Waals surface area contributed by atoms with E-state index in [4.69, 9.17) is 4.99 Å². The molecule has 0 atom stereocenters. The van der Waals surface area contributed by atoms with Gasteiger partial charge in [0, 0.05) is 25.6 Å². The van der Waals surface area contributed by atoms with Gasteiger partial charge in [-0.05, 0) is 32.1 Å². The molecule has 0 aromatic carbocycles. The Labute approximate surface area is 190 Å². The van der Waals surface area contributed by atoms with Crippen LogP contribution in [0.3, 0.4) is 0 Å². The highest BCUT2D eigenvalue weighted by Crippen LogP contribution is 2.24. The van der Waals surface area contributed by atoms with Crippen molar-refractivity contribution in [2.24, 2.45) is 4.99 Å². The molecule has 1 fully saturated rings. The van der Waals surface area contributed by atoms with Crippen molar-refractivity contribution in [2.75, 3.05) is 13.1 Å². The second-order valence-electron chi connectivity index (χ2n) is 9.78. The average molecular weight is 421 g/mol. The Morgan fingerprint density at radius 1 is 0.633 bits per heavy atom. The molecule has 0 saturated carbocycles. The highest BCUT2D eigenvalue weighted by atomic mass is 15.2. The molecular formula is C28H56N2. The minimum absolute atomic E-state index is 0.761. The Morgan fingerprint density at radius 2 is 1.13 bits per heavy atom. The van der Waals surface area contributed by atoms with E-state index in [9.17, 15) is 0 Å². The van der Waals surface area contributed by atoms with Crippen molar-refractivity contribution in [3.8, 4) is 0 Å². The van der Waals surface area contributed by atoms with E-state index in [1.54, 1.807) is 0 Å². The summed E-state index contributed by atoms with van der Waals surface area (Å²) in [4.78, 5) is 7.94. The monoisotopic (exact) mass is 420 g/mol. The van der Waals surface area contributed by atoms with Crippen LogP contribution >= 0.6 is 0 Å². The number of nitrogens with zero attached hydrogens (tertiary/aromatic N) is 2. The molecule has 2 heteroatoms. The van der Waals surface area contributed by atoms with Gasteiger partial charge in [-0.2, -0.15) is 0 Å². The minimum atomic E-state index is 0.761. The molecule has 0 spiro atoms. The van der Waals surface area contributed by atoms with E-state index in [1.807, 2.05) is 0 Å². The average Bonchev–Trinajstić information content (AvgIpc) is 2.77. The molecule has 0 bridgehead atoms. The first-order valence-corrected chi connectivity index (χ1v) is 14.1. The van der Waals surface area contributed by atoms with Gasteiger partial charge >= 0.3 is 0 Å². The molecule has 30 heavy (non-hydrogen) atoms. The van der Waals surface area contributed by atoms with Gasteiger partial charge in [-0.1, -0.05) is 117 Å². The fourth-order valence-electron chi connectivity index (χ4n) is 4.92. The number of unbranched alkanes of at least 4 members (excludes halogenated alkanes) is 13. The number of amidine groups is 1. The fourth-order valence-corrected chi connectivity index (χ4v) is 4.92. The maximum Gasteiger partial charge on any atom is 0.0991 e. The van der Waals surface area contributed by atoms with Crippen LogP contribution in [0, 0.1) is 0 Å². The molecule has 178 valence electrons. The van der Waals surface area contributed by atoms with E-state index >= 15 is 0 Å². The van der Waals surface area contributed by atoms with Crippen molar-refractivity contribution in [2.45, 2.75) is 162 Å². The molecule has 0 aromatic rings. The van der Waals surface area contributed by atoms with Crippen LogP contribution in [-0.4, -0.2) is 29.9 Å². The van der Waals surface area contributed by atoms with Gasteiger partial charge in [0.1, 0.15) is 0 Å². The van der Waals surface area contributed by atoms with Crippen LogP contribution in [0.15, 0.2) is 4.99 Å². The summed E-state index contributed by atoms with van der Waals surface area (Å²) in [5.41, 5.74) is 0. The Morgan fingerprint density at radius 3 is 1.70 bits per heavy atom. The van der Waals surface area contributed by atoms with Crippen LogP contribution < -0.4 is 0 Å². The van der Waals surface area contributed by atoms with Gasteiger partial charge in [-0.25, -0.2) is 0 Å². The van der Waals surface area contributed by atoms with Gasteiger partial charge < -0.3 is 4.90 Å². The van der Waals surface area contributed by atoms with Crippen molar-refractivity contribution in [1.82, 2.24) is 4.90 Å². The lowest BCUT2D eigenvalue weighted by Crippen LogP contribution is -2.43. The lowest BCUT2D eigenvalue weighted by atomic mass is 9.96. The third-order valence-electron chi connectivity index (χ3n) is 6.91. The van der Waals surface area contributed by atoms with Gasteiger partial charge in [0.05, 0.1) is 5.84 Å². The number of piperidine rings is 1. The van der Waals surface area contributed by atoms with E-state index < -0.39 is 0 Å². The minimum Gasteiger partial charge on any atom is -0.357 e. The first-order chi connectivity index (χ1) is 14.8. The predicted molar refractivity (Wildman–Crippen MR) is 137 cm³/mol. The highest BCUT2D eigenvalue weighted by Gasteiger charge is 2.24. The molecule has 0 aliphatic carbocycles. The fraction of sp³-hybridized carbons (Fsp3) is 0.964. The molecule has 1 aliphatic heterocycles. The van der Waals surface area contributed by atoms with Crippen LogP contribution in [-0.2, 0) is 0 Å². The topological polar surface area (TPSA) is 15.6 Å². The van der Waals surface area contributed by atoms with Crippen LogP contribution in [0.1, 0.15) is 156 Å².